The van der Waals surface area contributed by atoms with Crippen LogP contribution in [0.4, 0.5) is 4.39 Å². The molecule has 2 aliphatic heterocycles. The van der Waals surface area contributed by atoms with E-state index in [4.69, 9.17) is 0 Å². The zero-order valence-electron chi connectivity index (χ0n) is 8.79. The summed E-state index contributed by atoms with van der Waals surface area (Å²) in [5.41, 5.74) is 0.00574. The second kappa shape index (κ2) is 3.62. The maximum atomic E-state index is 13.2. The lowest BCUT2D eigenvalue weighted by molar-refractivity contribution is 0.0992. The van der Waals surface area contributed by atoms with E-state index < -0.39 is 6.17 Å². The van der Waals surface area contributed by atoms with E-state index in [0.717, 1.165) is 13.0 Å². The van der Waals surface area contributed by atoms with E-state index >= 15 is 0 Å². The fraction of sp³-hybridized carbons (Fsp3) is 1.00. The predicted octanol–water partition coefficient (Wildman–Crippen LogP) is 1.61. The summed E-state index contributed by atoms with van der Waals surface area (Å²) in [7, 11) is 0. The van der Waals surface area contributed by atoms with Crippen molar-refractivity contribution >= 4 is 12.4 Å². The molecular formula is C10H19ClFNO. The average molecular weight is 224 g/mol. The molecule has 2 atom stereocenters. The zero-order valence-corrected chi connectivity index (χ0v) is 9.61. The van der Waals surface area contributed by atoms with Crippen molar-refractivity contribution in [3.63, 3.8) is 0 Å². The minimum atomic E-state index is -0.733. The topological polar surface area (TPSA) is 23.5 Å². The summed E-state index contributed by atoms with van der Waals surface area (Å²) in [5, 5.41) is 9.37. The van der Waals surface area contributed by atoms with Crippen LogP contribution in [0.3, 0.4) is 0 Å². The largest absolute Gasteiger partial charge is 0.394 e. The van der Waals surface area contributed by atoms with Gasteiger partial charge in [-0.1, -0.05) is 13.8 Å². The third-order valence-corrected chi connectivity index (χ3v) is 3.41. The van der Waals surface area contributed by atoms with Crippen LogP contribution in [0.5, 0.6) is 0 Å². The van der Waals surface area contributed by atoms with E-state index in [1.54, 1.807) is 0 Å². The number of aliphatic hydroxyl groups is 1. The molecule has 2 fully saturated rings. The molecule has 2 rings (SSSR count). The van der Waals surface area contributed by atoms with Crippen molar-refractivity contribution in [1.29, 1.82) is 0 Å². The molecule has 0 amide bonds. The number of halogens is 2. The number of rotatable bonds is 1. The van der Waals surface area contributed by atoms with Crippen molar-refractivity contribution in [1.82, 2.24) is 4.90 Å². The Bertz CT molecular complexity index is 224. The Hall–Kier alpha value is 0.140. The van der Waals surface area contributed by atoms with E-state index in [1.165, 1.54) is 0 Å². The Morgan fingerprint density at radius 1 is 1.50 bits per heavy atom. The Kier molecular flexibility index (Phi) is 3.15. The maximum Gasteiger partial charge on any atom is 0.115 e. The van der Waals surface area contributed by atoms with E-state index in [2.05, 4.69) is 18.7 Å². The molecule has 0 aromatic heterocycles. The number of hydrogen-bond acceptors (Lipinski definition) is 2. The Morgan fingerprint density at radius 3 is 2.64 bits per heavy atom. The first-order valence-electron chi connectivity index (χ1n) is 4.97. The minimum absolute atomic E-state index is 0. The summed E-state index contributed by atoms with van der Waals surface area (Å²) in [5.74, 6) is 0. The zero-order chi connectivity index (χ0) is 9.69. The number of fused-ring (bicyclic) bond motifs is 1. The van der Waals surface area contributed by atoms with Gasteiger partial charge in [-0.05, 0) is 11.8 Å². The minimum Gasteiger partial charge on any atom is -0.394 e. The van der Waals surface area contributed by atoms with E-state index in [9.17, 15) is 9.50 Å². The molecule has 2 saturated heterocycles. The smallest absolute Gasteiger partial charge is 0.115 e. The molecule has 4 heteroatoms. The Labute approximate surface area is 90.9 Å². The van der Waals surface area contributed by atoms with Gasteiger partial charge < -0.3 is 5.11 Å². The monoisotopic (exact) mass is 223 g/mol. The van der Waals surface area contributed by atoms with Gasteiger partial charge in [0.1, 0.15) is 6.17 Å². The van der Waals surface area contributed by atoms with Crippen molar-refractivity contribution < 1.29 is 9.50 Å². The Morgan fingerprint density at radius 2 is 2.14 bits per heavy atom. The highest BCUT2D eigenvalue weighted by molar-refractivity contribution is 5.85. The fourth-order valence-electron chi connectivity index (χ4n) is 3.14. The van der Waals surface area contributed by atoms with Crippen molar-refractivity contribution in [3.05, 3.63) is 0 Å². The van der Waals surface area contributed by atoms with E-state index in [-0.39, 0.29) is 30.0 Å². The lowest BCUT2D eigenvalue weighted by Crippen LogP contribution is -2.41. The van der Waals surface area contributed by atoms with Gasteiger partial charge in [0.05, 0.1) is 6.61 Å². The number of aliphatic hydroxyl groups excluding tert-OH is 1. The molecule has 2 aliphatic rings. The molecule has 0 bridgehead atoms. The van der Waals surface area contributed by atoms with Crippen LogP contribution in [0, 0.1) is 5.41 Å². The second-order valence-electron chi connectivity index (χ2n) is 5.41. The van der Waals surface area contributed by atoms with Crippen LogP contribution in [-0.4, -0.2) is 41.4 Å². The average Bonchev–Trinajstić information content (AvgIpc) is 2.36. The molecule has 0 unspecified atom stereocenters. The quantitative estimate of drug-likeness (QED) is 0.730. The summed E-state index contributed by atoms with van der Waals surface area (Å²) in [6, 6.07) is 0. The lowest BCUT2D eigenvalue weighted by atomic mass is 9.82. The molecule has 14 heavy (non-hydrogen) atoms. The summed E-state index contributed by atoms with van der Waals surface area (Å²) < 4.78 is 13.2. The van der Waals surface area contributed by atoms with Gasteiger partial charge in [0, 0.05) is 25.0 Å². The van der Waals surface area contributed by atoms with Crippen LogP contribution in [0.25, 0.3) is 0 Å². The summed E-state index contributed by atoms with van der Waals surface area (Å²) in [6.07, 6.45) is 0.715. The molecule has 0 radical (unpaired) electrons. The van der Waals surface area contributed by atoms with E-state index in [1.807, 2.05) is 0 Å². The standard InChI is InChI=1S/C10H18FNO.ClH/c1-9(2)5-10(7-13)3-8(11)4-12(10)6-9;/h8,13H,3-7H2,1-2H3;1H/t8-,10-;/m0./s1. The molecule has 0 spiro atoms. The summed E-state index contributed by atoms with van der Waals surface area (Å²) in [6.45, 7) is 5.93. The SMILES string of the molecule is CC1(C)CN2C[C@@H](F)C[C@@]2(CO)C1.Cl. The van der Waals surface area contributed by atoms with Gasteiger partial charge in [0.2, 0.25) is 0 Å². The van der Waals surface area contributed by atoms with Gasteiger partial charge in [0.25, 0.3) is 0 Å². The first-order valence-corrected chi connectivity index (χ1v) is 4.97. The molecule has 84 valence electrons. The van der Waals surface area contributed by atoms with Crippen molar-refractivity contribution in [2.75, 3.05) is 19.7 Å². The normalized spacial score (nSPS) is 40.7. The third kappa shape index (κ3) is 1.77. The van der Waals surface area contributed by atoms with Gasteiger partial charge in [0.15, 0.2) is 0 Å². The van der Waals surface area contributed by atoms with Crippen molar-refractivity contribution in [3.8, 4) is 0 Å². The number of hydrogen-bond donors (Lipinski definition) is 1. The highest BCUT2D eigenvalue weighted by Gasteiger charge is 2.54. The number of alkyl halides is 1. The maximum absolute atomic E-state index is 13.2. The van der Waals surface area contributed by atoms with Crippen LogP contribution >= 0.6 is 12.4 Å². The first-order chi connectivity index (χ1) is 5.97. The van der Waals surface area contributed by atoms with Crippen molar-refractivity contribution in [2.24, 2.45) is 5.41 Å². The summed E-state index contributed by atoms with van der Waals surface area (Å²) >= 11 is 0. The molecule has 0 aromatic carbocycles. The molecule has 2 heterocycles. The van der Waals surface area contributed by atoms with E-state index in [0.29, 0.717) is 13.0 Å². The van der Waals surface area contributed by atoms with Crippen LogP contribution < -0.4 is 0 Å². The highest BCUT2D eigenvalue weighted by Crippen LogP contribution is 2.47. The molecule has 0 aromatic rings. The molecule has 0 saturated carbocycles. The van der Waals surface area contributed by atoms with Crippen LogP contribution in [0.1, 0.15) is 26.7 Å². The van der Waals surface area contributed by atoms with Crippen LogP contribution in [0.15, 0.2) is 0 Å². The van der Waals surface area contributed by atoms with Crippen LogP contribution in [0.2, 0.25) is 0 Å². The van der Waals surface area contributed by atoms with Gasteiger partial charge in [-0.15, -0.1) is 12.4 Å². The van der Waals surface area contributed by atoms with Gasteiger partial charge in [-0.2, -0.15) is 0 Å². The highest BCUT2D eigenvalue weighted by atomic mass is 35.5. The van der Waals surface area contributed by atoms with Crippen molar-refractivity contribution in [2.45, 2.75) is 38.4 Å². The van der Waals surface area contributed by atoms with Gasteiger partial charge in [-0.25, -0.2) is 4.39 Å². The third-order valence-electron chi connectivity index (χ3n) is 3.41. The fourth-order valence-corrected chi connectivity index (χ4v) is 3.14. The molecule has 0 aliphatic carbocycles. The molecule has 1 N–H and O–H groups in total. The summed E-state index contributed by atoms with van der Waals surface area (Å²) in [4.78, 5) is 2.14. The molecular weight excluding hydrogens is 205 g/mol. The second-order valence-corrected chi connectivity index (χ2v) is 5.41. The predicted molar refractivity (Wildman–Crippen MR) is 56.5 cm³/mol. The first kappa shape index (κ1) is 12.2. The molecule has 2 nitrogen and oxygen atoms in total. The lowest BCUT2D eigenvalue weighted by Gasteiger charge is -2.29. The van der Waals surface area contributed by atoms with Crippen LogP contribution in [-0.2, 0) is 0 Å². The Balaban J connectivity index is 0.000000980. The number of nitrogens with zero attached hydrogens (tertiary/aromatic N) is 1. The van der Waals surface area contributed by atoms with Gasteiger partial charge >= 0.3 is 0 Å². The van der Waals surface area contributed by atoms with Gasteiger partial charge in [-0.3, -0.25) is 4.90 Å².